The number of benzene rings is 1. The molecule has 0 atom stereocenters. The highest BCUT2D eigenvalue weighted by Crippen LogP contribution is 2.27. The van der Waals surface area contributed by atoms with Crippen LogP contribution in [0, 0.1) is 5.82 Å². The van der Waals surface area contributed by atoms with Gasteiger partial charge in [-0.25, -0.2) is 9.37 Å². The lowest BCUT2D eigenvalue weighted by atomic mass is 10.1. The molecule has 0 saturated heterocycles. The van der Waals surface area contributed by atoms with Crippen LogP contribution in [0.3, 0.4) is 0 Å². The Labute approximate surface area is 148 Å². The summed E-state index contributed by atoms with van der Waals surface area (Å²) >= 11 is 0. The Morgan fingerprint density at radius 2 is 2.12 bits per heavy atom. The van der Waals surface area contributed by atoms with Crippen molar-refractivity contribution in [2.75, 3.05) is 16.0 Å². The molecule has 0 radical (unpaired) electrons. The van der Waals surface area contributed by atoms with Crippen LogP contribution in [0.2, 0.25) is 0 Å². The van der Waals surface area contributed by atoms with Gasteiger partial charge in [-0.3, -0.25) is 9.78 Å². The van der Waals surface area contributed by atoms with Gasteiger partial charge in [-0.05, 0) is 35.9 Å². The van der Waals surface area contributed by atoms with E-state index in [4.69, 9.17) is 0 Å². The largest absolute Gasteiger partial charge is 0.362 e. The van der Waals surface area contributed by atoms with Gasteiger partial charge < -0.3 is 16.0 Å². The van der Waals surface area contributed by atoms with Gasteiger partial charge in [0.05, 0.1) is 24.9 Å². The van der Waals surface area contributed by atoms with Crippen LogP contribution in [0.4, 0.5) is 27.5 Å². The van der Waals surface area contributed by atoms with Crippen molar-refractivity contribution in [3.8, 4) is 0 Å². The van der Waals surface area contributed by atoms with Gasteiger partial charge in [-0.15, -0.1) is 0 Å². The second-order valence-corrected chi connectivity index (χ2v) is 5.79. The number of rotatable bonds is 5. The monoisotopic (exact) mass is 350 g/mol. The first-order chi connectivity index (χ1) is 12.7. The van der Waals surface area contributed by atoms with Crippen molar-refractivity contribution in [2.45, 2.75) is 13.0 Å². The lowest BCUT2D eigenvalue weighted by Gasteiger charge is -2.10. The number of hydrogen-bond donors (Lipinski definition) is 3. The number of fused-ring (bicyclic) bond motifs is 1. The van der Waals surface area contributed by atoms with E-state index in [-0.39, 0.29) is 17.7 Å². The number of amides is 1. The minimum absolute atomic E-state index is 0.0313. The zero-order valence-corrected chi connectivity index (χ0v) is 13.7. The van der Waals surface area contributed by atoms with Crippen LogP contribution in [0.15, 0.2) is 48.8 Å². The van der Waals surface area contributed by atoms with E-state index in [0.717, 1.165) is 28.8 Å². The number of hydrogen-bond acceptors (Lipinski definition) is 6. The van der Waals surface area contributed by atoms with Crippen LogP contribution >= 0.6 is 0 Å². The first-order valence-electron chi connectivity index (χ1n) is 8.03. The molecule has 0 aliphatic carbocycles. The number of nitrogens with one attached hydrogen (secondary N) is 3. The Morgan fingerprint density at radius 1 is 1.19 bits per heavy atom. The predicted octanol–water partition coefficient (Wildman–Crippen LogP) is 2.86. The summed E-state index contributed by atoms with van der Waals surface area (Å²) in [6.07, 6.45) is 3.12. The number of carbonyl (C=O) groups excluding carboxylic acids is 1. The highest BCUT2D eigenvalue weighted by Gasteiger charge is 2.17. The fourth-order valence-corrected chi connectivity index (χ4v) is 2.66. The molecule has 0 spiro atoms. The molecule has 1 aliphatic rings. The molecule has 7 nitrogen and oxygen atoms in total. The van der Waals surface area contributed by atoms with E-state index in [9.17, 15) is 9.18 Å². The summed E-state index contributed by atoms with van der Waals surface area (Å²) in [5.41, 5.74) is 3.20. The third kappa shape index (κ3) is 3.44. The molecule has 0 saturated carbocycles. The van der Waals surface area contributed by atoms with Crippen LogP contribution in [-0.2, 0) is 17.8 Å². The lowest BCUT2D eigenvalue weighted by molar-refractivity contribution is -0.115. The van der Waals surface area contributed by atoms with Crippen molar-refractivity contribution < 1.29 is 9.18 Å². The molecule has 26 heavy (non-hydrogen) atoms. The fourth-order valence-electron chi connectivity index (χ4n) is 2.66. The summed E-state index contributed by atoms with van der Waals surface area (Å²) in [6.45, 7) is 0.348. The molecule has 3 aromatic rings. The fraction of sp³-hybridized carbons (Fsp3) is 0.111. The van der Waals surface area contributed by atoms with Crippen LogP contribution in [0.5, 0.6) is 0 Å². The minimum atomic E-state index is -0.546. The first-order valence-corrected chi connectivity index (χ1v) is 8.03. The standard InChI is InChI=1S/C18H15FN6O/c19-14-10-22-18(25-17(14)21-9-13-3-1-2-6-20-13)23-12-4-5-15-11(7-12)8-16(26)24-15/h1-7,10H,8-9H2,(H,24,26)(H2,21,22,23,25). The molecular formula is C18H15FN6O. The normalized spacial score (nSPS) is 12.4. The molecule has 2 aromatic heterocycles. The van der Waals surface area contributed by atoms with Crippen molar-refractivity contribution in [3.05, 3.63) is 65.9 Å². The zero-order valence-electron chi connectivity index (χ0n) is 13.7. The van der Waals surface area contributed by atoms with E-state index in [2.05, 4.69) is 30.9 Å². The molecule has 3 N–H and O–H groups in total. The summed E-state index contributed by atoms with van der Waals surface area (Å²) in [5.74, 6) is -0.232. The number of pyridine rings is 1. The zero-order chi connectivity index (χ0) is 17.9. The van der Waals surface area contributed by atoms with Crippen molar-refractivity contribution in [2.24, 2.45) is 0 Å². The summed E-state index contributed by atoms with van der Waals surface area (Å²) in [4.78, 5) is 23.7. The van der Waals surface area contributed by atoms with Crippen molar-refractivity contribution in [1.82, 2.24) is 15.0 Å². The van der Waals surface area contributed by atoms with E-state index in [1.54, 1.807) is 12.3 Å². The summed E-state index contributed by atoms with van der Waals surface area (Å²) in [5, 5.41) is 8.72. The van der Waals surface area contributed by atoms with Gasteiger partial charge >= 0.3 is 0 Å². The Bertz CT molecular complexity index is 963. The molecule has 8 heteroatoms. The van der Waals surface area contributed by atoms with Gasteiger partial charge in [0.2, 0.25) is 11.9 Å². The number of carbonyl (C=O) groups is 1. The molecule has 130 valence electrons. The highest BCUT2D eigenvalue weighted by atomic mass is 19.1. The minimum Gasteiger partial charge on any atom is -0.362 e. The van der Waals surface area contributed by atoms with Crippen LogP contribution < -0.4 is 16.0 Å². The van der Waals surface area contributed by atoms with Gasteiger partial charge in [0.15, 0.2) is 11.6 Å². The van der Waals surface area contributed by atoms with Gasteiger partial charge in [-0.2, -0.15) is 4.98 Å². The van der Waals surface area contributed by atoms with Crippen LogP contribution in [0.25, 0.3) is 0 Å². The lowest BCUT2D eigenvalue weighted by Crippen LogP contribution is -2.07. The maximum Gasteiger partial charge on any atom is 0.229 e. The van der Waals surface area contributed by atoms with E-state index in [0.29, 0.717) is 13.0 Å². The number of aromatic nitrogens is 3. The predicted molar refractivity (Wildman–Crippen MR) is 95.6 cm³/mol. The SMILES string of the molecule is O=C1Cc2cc(Nc3ncc(F)c(NCc4ccccn4)n3)ccc2N1. The summed E-state index contributed by atoms with van der Waals surface area (Å²) < 4.78 is 14.0. The molecule has 1 amide bonds. The molecule has 0 bridgehead atoms. The topological polar surface area (TPSA) is 91.8 Å². The van der Waals surface area contributed by atoms with Gasteiger partial charge in [-0.1, -0.05) is 6.07 Å². The van der Waals surface area contributed by atoms with Crippen LogP contribution in [0.1, 0.15) is 11.3 Å². The summed E-state index contributed by atoms with van der Waals surface area (Å²) in [7, 11) is 0. The molecule has 4 rings (SSSR count). The molecule has 1 aromatic carbocycles. The van der Waals surface area contributed by atoms with Gasteiger partial charge in [0.1, 0.15) is 0 Å². The summed E-state index contributed by atoms with van der Waals surface area (Å²) in [6, 6.07) is 11.0. The van der Waals surface area contributed by atoms with Gasteiger partial charge in [0, 0.05) is 17.6 Å². The Hall–Kier alpha value is -3.55. The maximum absolute atomic E-state index is 14.0. The number of nitrogens with zero attached hydrogens (tertiary/aromatic N) is 3. The third-order valence-corrected chi connectivity index (χ3v) is 3.89. The smallest absolute Gasteiger partial charge is 0.229 e. The van der Waals surface area contributed by atoms with Crippen LogP contribution in [-0.4, -0.2) is 20.9 Å². The van der Waals surface area contributed by atoms with Crippen molar-refractivity contribution in [1.29, 1.82) is 0 Å². The second kappa shape index (κ2) is 6.75. The molecule has 3 heterocycles. The average Bonchev–Trinajstić information content (AvgIpc) is 3.02. The van der Waals surface area contributed by atoms with E-state index in [1.165, 1.54) is 0 Å². The third-order valence-electron chi connectivity index (χ3n) is 3.89. The highest BCUT2D eigenvalue weighted by molar-refractivity contribution is 5.99. The molecule has 0 fully saturated rings. The first kappa shape index (κ1) is 15.9. The maximum atomic E-state index is 14.0. The second-order valence-electron chi connectivity index (χ2n) is 5.79. The van der Waals surface area contributed by atoms with Crippen molar-refractivity contribution >= 4 is 29.0 Å². The van der Waals surface area contributed by atoms with E-state index in [1.807, 2.05) is 30.3 Å². The van der Waals surface area contributed by atoms with Crippen molar-refractivity contribution in [3.63, 3.8) is 0 Å². The van der Waals surface area contributed by atoms with E-state index >= 15 is 0 Å². The Kier molecular flexibility index (Phi) is 4.14. The molecule has 1 aliphatic heterocycles. The quantitative estimate of drug-likeness (QED) is 0.655. The Morgan fingerprint density at radius 3 is 2.96 bits per heavy atom. The molecule has 0 unspecified atom stereocenters. The molecular weight excluding hydrogens is 335 g/mol. The Balaban J connectivity index is 1.49. The average molecular weight is 350 g/mol. The van der Waals surface area contributed by atoms with E-state index < -0.39 is 5.82 Å². The number of halogens is 1. The van der Waals surface area contributed by atoms with Gasteiger partial charge in [0.25, 0.3) is 0 Å². The number of anilines is 4.